The maximum absolute atomic E-state index is 12.4. The Morgan fingerprint density at radius 3 is 2.44 bits per heavy atom. The molecule has 0 aromatic heterocycles. The van der Waals surface area contributed by atoms with E-state index in [1.807, 2.05) is 27.8 Å². The maximum Gasteiger partial charge on any atom is 0.315 e. The third-order valence-corrected chi connectivity index (χ3v) is 10.4. The van der Waals surface area contributed by atoms with Crippen molar-refractivity contribution in [3.8, 4) is 0 Å². The molecule has 0 aromatic rings. The predicted octanol–water partition coefficient (Wildman–Crippen LogP) is 5.20. The van der Waals surface area contributed by atoms with Gasteiger partial charge in [0.2, 0.25) is 5.91 Å². The monoisotopic (exact) mass is 445 g/mol. The second-order valence-electron chi connectivity index (χ2n) is 13.3. The number of rotatable bonds is 3. The Morgan fingerprint density at radius 1 is 1.06 bits per heavy atom. The van der Waals surface area contributed by atoms with Crippen molar-refractivity contribution >= 4 is 11.9 Å². The highest BCUT2D eigenvalue weighted by Crippen LogP contribution is 2.67. The summed E-state index contributed by atoms with van der Waals surface area (Å²) in [5.41, 5.74) is 0.481. The van der Waals surface area contributed by atoms with E-state index in [1.54, 1.807) is 0 Å². The van der Waals surface area contributed by atoms with E-state index in [9.17, 15) is 9.59 Å². The van der Waals surface area contributed by atoms with Gasteiger partial charge in [-0.05, 0) is 106 Å². The van der Waals surface area contributed by atoms with E-state index in [4.69, 9.17) is 0 Å². The summed E-state index contributed by atoms with van der Waals surface area (Å²) in [6.07, 6.45) is 9.55. The molecule has 1 heterocycles. The zero-order chi connectivity index (χ0) is 23.5. The average molecular weight is 446 g/mol. The van der Waals surface area contributed by atoms with Crippen LogP contribution in [0.3, 0.4) is 0 Å². The normalized spacial score (nSPS) is 42.5. The van der Waals surface area contributed by atoms with Crippen LogP contribution in [0.1, 0.15) is 92.9 Å². The molecule has 2 N–H and O–H groups in total. The number of piperidine rings is 1. The Hall–Kier alpha value is -1.26. The van der Waals surface area contributed by atoms with Gasteiger partial charge in [0, 0.05) is 31.6 Å². The van der Waals surface area contributed by atoms with E-state index in [1.165, 1.54) is 38.5 Å². The lowest BCUT2D eigenvalue weighted by molar-refractivity contribution is -0.158. The fourth-order valence-electron chi connectivity index (χ4n) is 8.91. The quantitative estimate of drug-likeness (QED) is 0.627. The number of nitrogens with zero attached hydrogens (tertiary/aromatic N) is 1. The molecule has 182 valence electrons. The Balaban J connectivity index is 1.44. The van der Waals surface area contributed by atoms with E-state index in [0.717, 1.165) is 37.1 Å². The zero-order valence-electron chi connectivity index (χ0n) is 21.6. The van der Waals surface area contributed by atoms with Crippen LogP contribution in [-0.2, 0) is 4.79 Å². The van der Waals surface area contributed by atoms with Crippen LogP contribution in [0.5, 0.6) is 0 Å². The molecule has 1 unspecified atom stereocenters. The van der Waals surface area contributed by atoms with Crippen LogP contribution in [-0.4, -0.2) is 42.0 Å². The van der Waals surface area contributed by atoms with Crippen LogP contribution in [0, 0.1) is 40.4 Å². The van der Waals surface area contributed by atoms with Crippen molar-refractivity contribution in [2.24, 2.45) is 40.4 Å². The van der Waals surface area contributed by atoms with Crippen molar-refractivity contribution in [2.45, 2.75) is 104 Å². The molecule has 5 nitrogen and oxygen atoms in total. The van der Waals surface area contributed by atoms with Crippen molar-refractivity contribution in [3.05, 3.63) is 0 Å². The number of hydrogen-bond donors (Lipinski definition) is 2. The molecule has 0 bridgehead atoms. The Morgan fingerprint density at radius 2 is 1.75 bits per heavy atom. The summed E-state index contributed by atoms with van der Waals surface area (Å²) in [6.45, 7) is 14.2. The molecule has 4 fully saturated rings. The van der Waals surface area contributed by atoms with Gasteiger partial charge in [0.15, 0.2) is 0 Å². The lowest BCUT2D eigenvalue weighted by atomic mass is 9.46. The van der Waals surface area contributed by atoms with E-state index in [2.05, 4.69) is 36.3 Å². The molecular formula is C27H47N3O2. The first-order valence-electron chi connectivity index (χ1n) is 13.2. The minimum Gasteiger partial charge on any atom is -0.342 e. The van der Waals surface area contributed by atoms with Gasteiger partial charge in [0.05, 0.1) is 0 Å². The maximum atomic E-state index is 12.4. The lowest BCUT2D eigenvalue weighted by Gasteiger charge is -2.62. The minimum absolute atomic E-state index is 0.0463. The number of nitrogens with one attached hydrogen (secondary N) is 2. The van der Waals surface area contributed by atoms with E-state index < -0.39 is 0 Å². The van der Waals surface area contributed by atoms with E-state index >= 15 is 0 Å². The summed E-state index contributed by atoms with van der Waals surface area (Å²) in [5.74, 6) is 3.91. The standard InChI is InChI=1S/C27H47N3O2/c1-17(16-28-24(32)29-25(2,3)4)19-9-10-20-18-8-11-22-27(6,15-13-23(31)30(22)7)21(18)12-14-26(19,20)5/h17-22H,8-16H2,1-7H3,(H2,28,29,32)/t17?,18-,19-,20-,21-,22-,26-,27-/m0/s1. The van der Waals surface area contributed by atoms with E-state index in [0.29, 0.717) is 34.6 Å². The molecule has 5 heteroatoms. The van der Waals surface area contributed by atoms with Crippen LogP contribution < -0.4 is 10.6 Å². The van der Waals surface area contributed by atoms with Crippen molar-refractivity contribution in [1.29, 1.82) is 0 Å². The SMILES string of the molecule is CC(CNC(=O)NC(C)(C)C)[C@@H]1CC[C@H]2[C@@H]3CC[C@@H]4N(C)C(=O)CC[C@@]4(C)[C@H]3CC[C@@]12C. The Kier molecular flexibility index (Phi) is 6.12. The van der Waals surface area contributed by atoms with Crippen LogP contribution in [0.15, 0.2) is 0 Å². The molecule has 32 heavy (non-hydrogen) atoms. The first kappa shape index (κ1) is 23.9. The number of carbonyl (C=O) groups is 2. The topological polar surface area (TPSA) is 61.4 Å². The number of amides is 3. The van der Waals surface area contributed by atoms with Crippen LogP contribution in [0.25, 0.3) is 0 Å². The van der Waals surface area contributed by atoms with Gasteiger partial charge in [0.1, 0.15) is 0 Å². The number of urea groups is 1. The number of carbonyl (C=O) groups excluding carboxylic acids is 2. The molecular weight excluding hydrogens is 398 g/mol. The molecule has 4 aliphatic rings. The van der Waals surface area contributed by atoms with Crippen LogP contribution in [0.2, 0.25) is 0 Å². The first-order valence-corrected chi connectivity index (χ1v) is 13.2. The summed E-state index contributed by atoms with van der Waals surface area (Å²) in [6, 6.07) is 0.394. The summed E-state index contributed by atoms with van der Waals surface area (Å²) in [7, 11) is 2.05. The molecule has 1 aliphatic heterocycles. The molecule has 3 amide bonds. The molecule has 3 saturated carbocycles. The van der Waals surface area contributed by atoms with Gasteiger partial charge in [-0.15, -0.1) is 0 Å². The van der Waals surface area contributed by atoms with Crippen molar-refractivity contribution in [2.75, 3.05) is 13.6 Å². The molecule has 0 aromatic carbocycles. The zero-order valence-corrected chi connectivity index (χ0v) is 21.6. The fourth-order valence-corrected chi connectivity index (χ4v) is 8.91. The minimum atomic E-state index is -0.205. The lowest BCUT2D eigenvalue weighted by Crippen LogP contribution is -2.61. The number of hydrogen-bond acceptors (Lipinski definition) is 2. The molecule has 0 radical (unpaired) electrons. The molecule has 0 spiro atoms. The molecule has 3 aliphatic carbocycles. The summed E-state index contributed by atoms with van der Waals surface area (Å²) in [5, 5.41) is 6.18. The van der Waals surface area contributed by atoms with E-state index in [-0.39, 0.29) is 11.6 Å². The van der Waals surface area contributed by atoms with Gasteiger partial charge >= 0.3 is 6.03 Å². The highest BCUT2D eigenvalue weighted by molar-refractivity contribution is 5.77. The molecule has 4 rings (SSSR count). The molecule has 8 atom stereocenters. The van der Waals surface area contributed by atoms with Gasteiger partial charge in [-0.1, -0.05) is 20.8 Å². The largest absolute Gasteiger partial charge is 0.342 e. The highest BCUT2D eigenvalue weighted by atomic mass is 16.2. The smallest absolute Gasteiger partial charge is 0.315 e. The first-order chi connectivity index (χ1) is 14.9. The number of likely N-dealkylation sites (tertiary alicyclic amines) is 1. The van der Waals surface area contributed by atoms with Gasteiger partial charge in [-0.3, -0.25) is 4.79 Å². The summed E-state index contributed by atoms with van der Waals surface area (Å²) >= 11 is 0. The third-order valence-electron chi connectivity index (χ3n) is 10.4. The van der Waals surface area contributed by atoms with Gasteiger partial charge in [-0.2, -0.15) is 0 Å². The Labute approximate surface area is 195 Å². The average Bonchev–Trinajstić information content (AvgIpc) is 3.05. The third kappa shape index (κ3) is 3.96. The fraction of sp³-hybridized carbons (Fsp3) is 0.926. The van der Waals surface area contributed by atoms with Crippen molar-refractivity contribution < 1.29 is 9.59 Å². The predicted molar refractivity (Wildman–Crippen MR) is 129 cm³/mol. The van der Waals surface area contributed by atoms with Crippen LogP contribution in [0.4, 0.5) is 4.79 Å². The van der Waals surface area contributed by atoms with Crippen LogP contribution >= 0.6 is 0 Å². The Bertz CT molecular complexity index is 746. The summed E-state index contributed by atoms with van der Waals surface area (Å²) < 4.78 is 0. The second kappa shape index (κ2) is 8.20. The highest BCUT2D eigenvalue weighted by Gasteiger charge is 2.61. The van der Waals surface area contributed by atoms with Crippen molar-refractivity contribution in [1.82, 2.24) is 15.5 Å². The van der Waals surface area contributed by atoms with Crippen molar-refractivity contribution in [3.63, 3.8) is 0 Å². The number of fused-ring (bicyclic) bond motifs is 5. The summed E-state index contributed by atoms with van der Waals surface area (Å²) in [4.78, 5) is 26.8. The molecule has 1 saturated heterocycles. The van der Waals surface area contributed by atoms with Gasteiger partial charge in [0.25, 0.3) is 0 Å². The second-order valence-corrected chi connectivity index (χ2v) is 13.3. The van der Waals surface area contributed by atoms with Gasteiger partial charge < -0.3 is 15.5 Å². The van der Waals surface area contributed by atoms with Gasteiger partial charge in [-0.25, -0.2) is 4.79 Å².